The standard InChI is InChI=1S/C18H15NO2.C17H13NO/c1-2-21-18(20)16(13-19)17(14-9-5-3-6-10-14)15-11-7-4-8-12-15;1-13(19)16(12-18)17(14-8-4-2-5-9-14)15-10-6-3-7-11-15/h3-12H,2H2,1H3;2-11H,1H3. The number of ketones is 1. The molecule has 5 heteroatoms. The van der Waals surface area contributed by atoms with Crippen molar-refractivity contribution in [3.8, 4) is 12.1 Å². The highest BCUT2D eigenvalue weighted by molar-refractivity contribution is 6.08. The number of hydrogen-bond donors (Lipinski definition) is 0. The zero-order valence-electron chi connectivity index (χ0n) is 22.4. The molecular formula is C35H28N2O3. The van der Waals surface area contributed by atoms with Crippen LogP contribution in [-0.4, -0.2) is 18.4 Å². The molecule has 0 aromatic heterocycles. The molecule has 0 aliphatic heterocycles. The van der Waals surface area contributed by atoms with E-state index in [1.807, 2.05) is 133 Å². The van der Waals surface area contributed by atoms with E-state index in [4.69, 9.17) is 4.74 Å². The number of Topliss-reactive ketones (excluding diaryl/α,β-unsaturated/α-hetero) is 1. The van der Waals surface area contributed by atoms with Gasteiger partial charge < -0.3 is 4.74 Å². The van der Waals surface area contributed by atoms with Gasteiger partial charge in [0.1, 0.15) is 23.3 Å². The number of ether oxygens (including phenoxy) is 1. The molecule has 0 saturated carbocycles. The first kappa shape index (κ1) is 29.0. The van der Waals surface area contributed by atoms with Crippen LogP contribution in [0.3, 0.4) is 0 Å². The van der Waals surface area contributed by atoms with Crippen molar-refractivity contribution in [3.05, 3.63) is 155 Å². The average molecular weight is 525 g/mol. The van der Waals surface area contributed by atoms with Crippen molar-refractivity contribution in [1.29, 1.82) is 10.5 Å². The molecule has 0 atom stereocenters. The van der Waals surface area contributed by atoms with Crippen LogP contribution in [0.15, 0.2) is 132 Å². The number of hydrogen-bond acceptors (Lipinski definition) is 5. The van der Waals surface area contributed by atoms with Crippen LogP contribution in [0.2, 0.25) is 0 Å². The van der Waals surface area contributed by atoms with Crippen molar-refractivity contribution in [2.45, 2.75) is 13.8 Å². The fourth-order valence-corrected chi connectivity index (χ4v) is 4.05. The largest absolute Gasteiger partial charge is 0.462 e. The summed E-state index contributed by atoms with van der Waals surface area (Å²) in [4.78, 5) is 23.7. The lowest BCUT2D eigenvalue weighted by Gasteiger charge is -2.11. The number of allylic oxidation sites excluding steroid dienone is 1. The highest BCUT2D eigenvalue weighted by Gasteiger charge is 2.19. The molecule has 0 fully saturated rings. The van der Waals surface area contributed by atoms with Gasteiger partial charge in [0.15, 0.2) is 5.78 Å². The SMILES string of the molecule is CC(=O)C(C#N)=C(c1ccccc1)c1ccccc1.CCOC(=O)C(C#N)=C(c1ccccc1)c1ccccc1. The van der Waals surface area contributed by atoms with Gasteiger partial charge in [0.05, 0.1) is 6.61 Å². The second-order valence-electron chi connectivity index (χ2n) is 8.46. The van der Waals surface area contributed by atoms with Crippen LogP contribution in [0.5, 0.6) is 0 Å². The molecular weight excluding hydrogens is 496 g/mol. The van der Waals surface area contributed by atoms with E-state index in [0.29, 0.717) is 11.1 Å². The second-order valence-corrected chi connectivity index (χ2v) is 8.46. The minimum absolute atomic E-state index is 0.0225. The molecule has 0 aliphatic carbocycles. The second kappa shape index (κ2) is 15.0. The van der Waals surface area contributed by atoms with Crippen LogP contribution >= 0.6 is 0 Å². The van der Waals surface area contributed by atoms with Crippen molar-refractivity contribution < 1.29 is 14.3 Å². The van der Waals surface area contributed by atoms with E-state index >= 15 is 0 Å². The van der Waals surface area contributed by atoms with Gasteiger partial charge in [-0.3, -0.25) is 4.79 Å². The summed E-state index contributed by atoms with van der Waals surface area (Å²) in [7, 11) is 0. The monoisotopic (exact) mass is 524 g/mol. The van der Waals surface area contributed by atoms with Gasteiger partial charge in [-0.05, 0) is 36.1 Å². The number of nitrogens with zero attached hydrogens (tertiary/aromatic N) is 2. The van der Waals surface area contributed by atoms with E-state index < -0.39 is 5.97 Å². The normalized spacial score (nSPS) is 9.50. The molecule has 0 spiro atoms. The Morgan fingerprint density at radius 1 is 0.575 bits per heavy atom. The lowest BCUT2D eigenvalue weighted by atomic mass is 9.92. The smallest absolute Gasteiger partial charge is 0.349 e. The predicted molar refractivity (Wildman–Crippen MR) is 156 cm³/mol. The van der Waals surface area contributed by atoms with Crippen molar-refractivity contribution in [2.75, 3.05) is 6.61 Å². The Morgan fingerprint density at radius 3 is 1.12 bits per heavy atom. The van der Waals surface area contributed by atoms with E-state index in [2.05, 4.69) is 0 Å². The third kappa shape index (κ3) is 7.51. The summed E-state index contributed by atoms with van der Waals surface area (Å²) in [6.07, 6.45) is 0. The zero-order valence-corrected chi connectivity index (χ0v) is 22.4. The predicted octanol–water partition coefficient (Wildman–Crippen LogP) is 7.18. The molecule has 4 aromatic rings. The molecule has 0 saturated heterocycles. The van der Waals surface area contributed by atoms with Crippen LogP contribution in [-0.2, 0) is 14.3 Å². The fraction of sp³-hybridized carbons (Fsp3) is 0.0857. The maximum Gasteiger partial charge on any atom is 0.349 e. The van der Waals surface area contributed by atoms with Crippen LogP contribution in [0.4, 0.5) is 0 Å². The third-order valence-corrected chi connectivity index (χ3v) is 5.81. The van der Waals surface area contributed by atoms with Gasteiger partial charge in [-0.25, -0.2) is 4.79 Å². The Balaban J connectivity index is 0.000000222. The summed E-state index contributed by atoms with van der Waals surface area (Å²) >= 11 is 0. The van der Waals surface area contributed by atoms with E-state index in [-0.39, 0.29) is 23.5 Å². The molecule has 0 heterocycles. The summed E-state index contributed by atoms with van der Waals surface area (Å²) in [6, 6.07) is 41.8. The van der Waals surface area contributed by atoms with Gasteiger partial charge in [0.2, 0.25) is 0 Å². The Labute approximate surface area is 234 Å². The molecule has 4 aromatic carbocycles. The van der Waals surface area contributed by atoms with Crippen molar-refractivity contribution in [2.24, 2.45) is 0 Å². The maximum atomic E-state index is 12.1. The topological polar surface area (TPSA) is 90.9 Å². The van der Waals surface area contributed by atoms with E-state index in [1.165, 1.54) is 6.92 Å². The number of esters is 1. The van der Waals surface area contributed by atoms with Gasteiger partial charge in [0.25, 0.3) is 0 Å². The van der Waals surface area contributed by atoms with Gasteiger partial charge in [0, 0.05) is 11.1 Å². The van der Waals surface area contributed by atoms with E-state index in [1.54, 1.807) is 6.92 Å². The molecule has 0 bridgehead atoms. The quantitative estimate of drug-likeness (QED) is 0.145. The Kier molecular flexibility index (Phi) is 10.9. The molecule has 196 valence electrons. The molecule has 40 heavy (non-hydrogen) atoms. The van der Waals surface area contributed by atoms with Crippen molar-refractivity contribution in [1.82, 2.24) is 0 Å². The number of benzene rings is 4. The molecule has 5 nitrogen and oxygen atoms in total. The third-order valence-electron chi connectivity index (χ3n) is 5.81. The first-order chi connectivity index (χ1) is 19.5. The number of carbonyl (C=O) groups is 2. The van der Waals surface area contributed by atoms with Crippen LogP contribution in [0, 0.1) is 22.7 Å². The Morgan fingerprint density at radius 2 is 0.875 bits per heavy atom. The van der Waals surface area contributed by atoms with Crippen LogP contribution < -0.4 is 0 Å². The average Bonchev–Trinajstić information content (AvgIpc) is 3.00. The molecule has 0 amide bonds. The molecule has 4 rings (SSSR count). The van der Waals surface area contributed by atoms with Gasteiger partial charge in [-0.1, -0.05) is 121 Å². The van der Waals surface area contributed by atoms with Gasteiger partial charge >= 0.3 is 5.97 Å². The summed E-state index contributed by atoms with van der Waals surface area (Å²) < 4.78 is 5.00. The van der Waals surface area contributed by atoms with Crippen molar-refractivity contribution in [3.63, 3.8) is 0 Å². The van der Waals surface area contributed by atoms with E-state index in [9.17, 15) is 20.1 Å². The van der Waals surface area contributed by atoms with Gasteiger partial charge in [-0.15, -0.1) is 0 Å². The molecule has 0 N–H and O–H groups in total. The number of carbonyl (C=O) groups excluding carboxylic acids is 2. The Bertz CT molecular complexity index is 1490. The molecule has 0 aliphatic rings. The number of nitriles is 2. The summed E-state index contributed by atoms with van der Waals surface area (Å²) in [5.74, 6) is -0.812. The first-order valence-corrected chi connectivity index (χ1v) is 12.7. The summed E-state index contributed by atoms with van der Waals surface area (Å²) in [6.45, 7) is 3.38. The highest BCUT2D eigenvalue weighted by Crippen LogP contribution is 2.28. The zero-order chi connectivity index (χ0) is 28.7. The number of rotatable bonds is 7. The lowest BCUT2D eigenvalue weighted by molar-refractivity contribution is -0.137. The minimum Gasteiger partial charge on any atom is -0.462 e. The molecule has 0 radical (unpaired) electrons. The molecule has 0 unspecified atom stereocenters. The highest BCUT2D eigenvalue weighted by atomic mass is 16.5. The summed E-state index contributed by atoms with van der Waals surface area (Å²) in [5, 5.41) is 18.7. The minimum atomic E-state index is -0.595. The van der Waals surface area contributed by atoms with E-state index in [0.717, 1.165) is 22.3 Å². The fourth-order valence-electron chi connectivity index (χ4n) is 4.05. The lowest BCUT2D eigenvalue weighted by Crippen LogP contribution is -2.09. The van der Waals surface area contributed by atoms with Gasteiger partial charge in [-0.2, -0.15) is 10.5 Å². The Hall–Kier alpha value is -5.52. The van der Waals surface area contributed by atoms with Crippen molar-refractivity contribution >= 4 is 22.9 Å². The van der Waals surface area contributed by atoms with Crippen LogP contribution in [0.1, 0.15) is 36.1 Å². The first-order valence-electron chi connectivity index (χ1n) is 12.7. The summed E-state index contributed by atoms with van der Waals surface area (Å²) in [5.41, 5.74) is 4.88. The maximum absolute atomic E-state index is 12.1. The van der Waals surface area contributed by atoms with Crippen LogP contribution in [0.25, 0.3) is 11.1 Å².